The van der Waals surface area contributed by atoms with Gasteiger partial charge in [-0.3, -0.25) is 14.9 Å². The van der Waals surface area contributed by atoms with Crippen molar-refractivity contribution < 1.29 is 18.9 Å². The highest BCUT2D eigenvalue weighted by atomic mass is 16.6. The number of fused-ring (bicyclic) bond motifs is 1. The third-order valence-corrected chi connectivity index (χ3v) is 3.99. The fraction of sp³-hybridized carbons (Fsp3) is 0.158. The number of nitrogens with two attached hydrogens (primary N) is 1. The first kappa shape index (κ1) is 18.1. The van der Waals surface area contributed by atoms with Gasteiger partial charge in [0.15, 0.2) is 0 Å². The van der Waals surface area contributed by atoms with E-state index in [1.807, 2.05) is 6.92 Å². The molecule has 0 radical (unpaired) electrons. The zero-order valence-corrected chi connectivity index (χ0v) is 14.4. The molecular formula is C19H16N2O6. The van der Waals surface area contributed by atoms with Crippen LogP contribution in [0.25, 0.3) is 11.0 Å². The number of benzene rings is 2. The second kappa shape index (κ2) is 7.28. The fourth-order valence-corrected chi connectivity index (χ4v) is 2.78. The Kier molecular flexibility index (Phi) is 4.89. The standard InChI is InChI=1S/C19H16N2O6/c1-2-3-11-9-18(22)27-17-10-13(5-6-14(11)17)26-16-7-4-12(19(20)23)8-15(16)21(24)25/h4-10H,2-3H2,1H3,(H2,20,23). The van der Waals surface area contributed by atoms with Crippen LogP contribution in [-0.2, 0) is 6.42 Å². The number of carbonyl (C=O) groups excluding carboxylic acids is 1. The molecule has 0 fully saturated rings. The van der Waals surface area contributed by atoms with Gasteiger partial charge in [-0.2, -0.15) is 0 Å². The van der Waals surface area contributed by atoms with Crippen LogP contribution in [-0.4, -0.2) is 10.8 Å². The maximum Gasteiger partial charge on any atom is 0.336 e. The molecule has 3 rings (SSSR count). The van der Waals surface area contributed by atoms with Gasteiger partial charge in [0, 0.05) is 29.1 Å². The molecule has 2 aromatic carbocycles. The van der Waals surface area contributed by atoms with Crippen molar-refractivity contribution in [3.8, 4) is 11.5 Å². The number of ether oxygens (including phenoxy) is 1. The number of nitro groups is 1. The van der Waals surface area contributed by atoms with Crippen LogP contribution in [0.5, 0.6) is 11.5 Å². The number of hydrogen-bond acceptors (Lipinski definition) is 6. The number of rotatable bonds is 6. The van der Waals surface area contributed by atoms with E-state index in [1.54, 1.807) is 12.1 Å². The molecule has 8 heteroatoms. The molecular weight excluding hydrogens is 352 g/mol. The quantitative estimate of drug-likeness (QED) is 0.403. The minimum Gasteiger partial charge on any atom is -0.450 e. The first-order valence-corrected chi connectivity index (χ1v) is 8.22. The molecule has 0 spiro atoms. The van der Waals surface area contributed by atoms with Crippen molar-refractivity contribution in [2.24, 2.45) is 5.73 Å². The summed E-state index contributed by atoms with van der Waals surface area (Å²) in [4.78, 5) is 33.6. The Bertz CT molecular complexity index is 1100. The van der Waals surface area contributed by atoms with Crippen molar-refractivity contribution in [1.82, 2.24) is 0 Å². The molecule has 0 unspecified atom stereocenters. The Labute approximate surface area is 153 Å². The van der Waals surface area contributed by atoms with Crippen LogP contribution >= 0.6 is 0 Å². The molecule has 0 aliphatic rings. The average Bonchev–Trinajstić information content (AvgIpc) is 2.61. The maximum absolute atomic E-state index is 11.8. The van der Waals surface area contributed by atoms with Gasteiger partial charge in [0.2, 0.25) is 11.7 Å². The SMILES string of the molecule is CCCc1cc(=O)oc2cc(Oc3ccc(C(N)=O)cc3[N+](=O)[O-])ccc12. The van der Waals surface area contributed by atoms with Crippen molar-refractivity contribution in [1.29, 1.82) is 0 Å². The molecule has 0 aliphatic carbocycles. The lowest BCUT2D eigenvalue weighted by Crippen LogP contribution is -2.11. The van der Waals surface area contributed by atoms with Gasteiger partial charge in [0.1, 0.15) is 11.3 Å². The van der Waals surface area contributed by atoms with Gasteiger partial charge in [-0.1, -0.05) is 13.3 Å². The monoisotopic (exact) mass is 368 g/mol. The predicted molar refractivity (Wildman–Crippen MR) is 98.2 cm³/mol. The molecule has 27 heavy (non-hydrogen) atoms. The molecule has 2 N–H and O–H groups in total. The van der Waals surface area contributed by atoms with E-state index < -0.39 is 22.1 Å². The van der Waals surface area contributed by atoms with Crippen LogP contribution < -0.4 is 16.1 Å². The van der Waals surface area contributed by atoms with Gasteiger partial charge < -0.3 is 14.9 Å². The Morgan fingerprint density at radius 1 is 1.22 bits per heavy atom. The maximum atomic E-state index is 11.8. The van der Waals surface area contributed by atoms with Crippen molar-refractivity contribution >= 4 is 22.6 Å². The minimum atomic E-state index is -0.777. The van der Waals surface area contributed by atoms with Crippen LogP contribution in [0.2, 0.25) is 0 Å². The van der Waals surface area contributed by atoms with Crippen LogP contribution in [0.4, 0.5) is 5.69 Å². The number of hydrogen-bond donors (Lipinski definition) is 1. The summed E-state index contributed by atoms with van der Waals surface area (Å²) in [7, 11) is 0. The summed E-state index contributed by atoms with van der Waals surface area (Å²) in [5.74, 6) is -0.578. The highest BCUT2D eigenvalue weighted by Gasteiger charge is 2.19. The second-order valence-electron chi connectivity index (χ2n) is 5.90. The molecule has 1 heterocycles. The zero-order chi connectivity index (χ0) is 19.6. The van der Waals surface area contributed by atoms with E-state index in [0.29, 0.717) is 5.58 Å². The van der Waals surface area contributed by atoms with Gasteiger partial charge >= 0.3 is 11.3 Å². The molecule has 1 amide bonds. The number of amides is 1. The summed E-state index contributed by atoms with van der Waals surface area (Å²) in [5, 5.41) is 12.1. The summed E-state index contributed by atoms with van der Waals surface area (Å²) >= 11 is 0. The lowest BCUT2D eigenvalue weighted by molar-refractivity contribution is -0.385. The highest BCUT2D eigenvalue weighted by Crippen LogP contribution is 2.33. The van der Waals surface area contributed by atoms with E-state index in [2.05, 4.69) is 0 Å². The van der Waals surface area contributed by atoms with Gasteiger partial charge in [0.25, 0.3) is 0 Å². The fourth-order valence-electron chi connectivity index (χ4n) is 2.78. The molecule has 138 valence electrons. The van der Waals surface area contributed by atoms with Crippen molar-refractivity contribution in [2.75, 3.05) is 0 Å². The number of aryl methyl sites for hydroxylation is 1. The van der Waals surface area contributed by atoms with E-state index in [1.165, 1.54) is 24.3 Å². The predicted octanol–water partition coefficient (Wildman–Crippen LogP) is 3.54. The van der Waals surface area contributed by atoms with Gasteiger partial charge in [0.05, 0.1) is 4.92 Å². The Balaban J connectivity index is 2.03. The van der Waals surface area contributed by atoms with E-state index in [-0.39, 0.29) is 17.1 Å². The lowest BCUT2D eigenvalue weighted by Gasteiger charge is -2.09. The molecule has 0 atom stereocenters. The Morgan fingerprint density at radius 2 is 2.00 bits per heavy atom. The largest absolute Gasteiger partial charge is 0.450 e. The zero-order valence-electron chi connectivity index (χ0n) is 14.4. The summed E-state index contributed by atoms with van der Waals surface area (Å²) < 4.78 is 10.8. The molecule has 8 nitrogen and oxygen atoms in total. The van der Waals surface area contributed by atoms with E-state index >= 15 is 0 Å². The number of carbonyl (C=O) groups is 1. The van der Waals surface area contributed by atoms with E-state index in [0.717, 1.165) is 29.9 Å². The highest BCUT2D eigenvalue weighted by molar-refractivity contribution is 5.93. The number of nitro benzene ring substituents is 1. The van der Waals surface area contributed by atoms with Gasteiger partial charge in [-0.15, -0.1) is 0 Å². The van der Waals surface area contributed by atoms with Crippen LogP contribution in [0, 0.1) is 10.1 Å². The summed E-state index contributed by atoms with van der Waals surface area (Å²) in [6.07, 6.45) is 1.59. The average molecular weight is 368 g/mol. The summed E-state index contributed by atoms with van der Waals surface area (Å²) in [6.45, 7) is 2.01. The van der Waals surface area contributed by atoms with Crippen molar-refractivity contribution in [3.63, 3.8) is 0 Å². The van der Waals surface area contributed by atoms with Gasteiger partial charge in [-0.05, 0) is 36.2 Å². The first-order chi connectivity index (χ1) is 12.9. The topological polar surface area (TPSA) is 126 Å². The molecule has 1 aromatic heterocycles. The van der Waals surface area contributed by atoms with Crippen molar-refractivity contribution in [3.05, 3.63) is 74.1 Å². The number of primary amides is 1. The number of nitrogens with zero attached hydrogens (tertiary/aromatic N) is 1. The third-order valence-electron chi connectivity index (χ3n) is 3.99. The normalized spacial score (nSPS) is 10.7. The van der Waals surface area contributed by atoms with Crippen molar-refractivity contribution in [2.45, 2.75) is 19.8 Å². The van der Waals surface area contributed by atoms with Crippen LogP contribution in [0.3, 0.4) is 0 Å². The minimum absolute atomic E-state index is 0.00256. The molecule has 0 bridgehead atoms. The van der Waals surface area contributed by atoms with Crippen LogP contribution in [0.15, 0.2) is 51.7 Å². The summed E-state index contributed by atoms with van der Waals surface area (Å²) in [5.41, 5.74) is 5.49. The first-order valence-electron chi connectivity index (χ1n) is 8.22. The Hall–Kier alpha value is -3.68. The van der Waals surface area contributed by atoms with E-state index in [4.69, 9.17) is 14.9 Å². The molecule has 3 aromatic rings. The molecule has 0 saturated carbocycles. The smallest absolute Gasteiger partial charge is 0.336 e. The lowest BCUT2D eigenvalue weighted by atomic mass is 10.1. The second-order valence-corrected chi connectivity index (χ2v) is 5.90. The summed E-state index contributed by atoms with van der Waals surface area (Å²) in [6, 6.07) is 10.0. The third kappa shape index (κ3) is 3.79. The molecule has 0 saturated heterocycles. The van der Waals surface area contributed by atoms with E-state index in [9.17, 15) is 19.7 Å². The Morgan fingerprint density at radius 3 is 2.67 bits per heavy atom. The van der Waals surface area contributed by atoms with Gasteiger partial charge in [-0.25, -0.2) is 4.79 Å². The van der Waals surface area contributed by atoms with Crippen LogP contribution in [0.1, 0.15) is 29.3 Å². The molecule has 0 aliphatic heterocycles.